The number of aliphatic hydroxyl groups is 1. The van der Waals surface area contributed by atoms with Crippen LogP contribution >= 0.6 is 7.14 Å². The summed E-state index contributed by atoms with van der Waals surface area (Å²) >= 11 is 0. The molecule has 3 N–H and O–H groups in total. The lowest BCUT2D eigenvalue weighted by Crippen LogP contribution is -2.45. The summed E-state index contributed by atoms with van der Waals surface area (Å²) in [5.41, 5.74) is 10.5. The molecule has 0 bridgehead atoms. The third-order valence-corrected chi connectivity index (χ3v) is 9.11. The maximum Gasteiger partial charge on any atom is 0.152 e. The Hall–Kier alpha value is -3.17. The molecule has 37 heavy (non-hydrogen) atoms. The zero-order valence-electron chi connectivity index (χ0n) is 21.4. The molecule has 0 saturated carbocycles. The van der Waals surface area contributed by atoms with E-state index in [4.69, 9.17) is 10.5 Å². The zero-order valence-corrected chi connectivity index (χ0v) is 22.2. The fourth-order valence-corrected chi connectivity index (χ4v) is 6.36. The van der Waals surface area contributed by atoms with Gasteiger partial charge in [0.15, 0.2) is 5.82 Å². The summed E-state index contributed by atoms with van der Waals surface area (Å²) in [5, 5.41) is 10.8. The van der Waals surface area contributed by atoms with Gasteiger partial charge in [0.25, 0.3) is 0 Å². The highest BCUT2D eigenvalue weighted by Crippen LogP contribution is 2.51. The molecule has 0 amide bonds. The molecule has 1 unspecified atom stereocenters. The molecule has 1 atom stereocenters. The lowest BCUT2D eigenvalue weighted by Gasteiger charge is -2.42. The smallest absolute Gasteiger partial charge is 0.152 e. The summed E-state index contributed by atoms with van der Waals surface area (Å²) in [4.78, 5) is 11.4. The SMILES string of the molecule is CP(C)(=O)c1cccc(OCC#Cc2cnc(N3CCC4(CC3)Cc3ccccc3C4N)c(CO)n2)c1. The normalized spacial score (nSPS) is 18.3. The fraction of sp³-hybridized carbons (Fsp3) is 0.379. The molecular formula is C29H33N4O3P. The van der Waals surface area contributed by atoms with Crippen LogP contribution in [0.15, 0.2) is 54.7 Å². The molecule has 1 aromatic heterocycles. The average Bonchev–Trinajstić information content (AvgIpc) is 3.17. The van der Waals surface area contributed by atoms with E-state index in [1.54, 1.807) is 25.6 Å². The van der Waals surface area contributed by atoms with Crippen molar-refractivity contribution in [1.82, 2.24) is 9.97 Å². The molecule has 1 aliphatic carbocycles. The summed E-state index contributed by atoms with van der Waals surface area (Å²) in [6.07, 6.45) is 4.61. The van der Waals surface area contributed by atoms with Gasteiger partial charge >= 0.3 is 0 Å². The number of piperidine rings is 1. The number of nitrogens with two attached hydrogens (primary N) is 1. The average molecular weight is 517 g/mol. The van der Waals surface area contributed by atoms with Gasteiger partial charge in [-0.25, -0.2) is 9.97 Å². The van der Waals surface area contributed by atoms with Gasteiger partial charge in [-0.2, -0.15) is 0 Å². The van der Waals surface area contributed by atoms with Crippen LogP contribution in [0.25, 0.3) is 0 Å². The van der Waals surface area contributed by atoms with Gasteiger partial charge in [0.2, 0.25) is 0 Å². The standard InChI is InChI=1S/C29H33N4O3P/c1-37(2,35)24-10-5-9-23(17-24)36-16-6-8-22-19-31-28(26(20-34)32-22)33-14-12-29(13-15-33)18-21-7-3-4-11-25(21)27(29)30/h3-5,7,9-11,17,19,27,34H,12-16,18,20,30H2,1-2H3. The predicted octanol–water partition coefficient (Wildman–Crippen LogP) is 3.49. The van der Waals surface area contributed by atoms with Crippen molar-refractivity contribution in [3.63, 3.8) is 0 Å². The summed E-state index contributed by atoms with van der Waals surface area (Å²) < 4.78 is 18.0. The maximum atomic E-state index is 12.3. The van der Waals surface area contributed by atoms with Crippen molar-refractivity contribution >= 4 is 18.3 Å². The maximum absolute atomic E-state index is 12.3. The van der Waals surface area contributed by atoms with Crippen LogP contribution in [0.5, 0.6) is 5.75 Å². The van der Waals surface area contributed by atoms with E-state index in [0.29, 0.717) is 23.0 Å². The molecule has 1 spiro atoms. The number of ether oxygens (including phenoxy) is 1. The Labute approximate surface area is 218 Å². The molecule has 2 heterocycles. The minimum Gasteiger partial charge on any atom is -0.481 e. The highest BCUT2D eigenvalue weighted by molar-refractivity contribution is 7.70. The van der Waals surface area contributed by atoms with E-state index in [1.807, 2.05) is 18.2 Å². The van der Waals surface area contributed by atoms with E-state index in [1.165, 1.54) is 11.1 Å². The number of rotatable bonds is 5. The van der Waals surface area contributed by atoms with Crippen molar-refractivity contribution in [2.75, 3.05) is 37.9 Å². The van der Waals surface area contributed by atoms with E-state index in [9.17, 15) is 9.67 Å². The molecule has 2 aromatic carbocycles. The Morgan fingerprint density at radius 3 is 2.70 bits per heavy atom. The van der Waals surface area contributed by atoms with E-state index < -0.39 is 7.14 Å². The quantitative estimate of drug-likeness (QED) is 0.395. The molecule has 5 rings (SSSR count). The molecule has 2 aliphatic rings. The Morgan fingerprint density at radius 1 is 1.19 bits per heavy atom. The Kier molecular flexibility index (Phi) is 7.09. The molecular weight excluding hydrogens is 483 g/mol. The van der Waals surface area contributed by atoms with Crippen molar-refractivity contribution < 1.29 is 14.4 Å². The Balaban J connectivity index is 1.22. The molecule has 0 radical (unpaired) electrons. The lowest BCUT2D eigenvalue weighted by atomic mass is 9.73. The van der Waals surface area contributed by atoms with Gasteiger partial charge in [0.05, 0.1) is 12.8 Å². The number of fused-ring (bicyclic) bond motifs is 1. The van der Waals surface area contributed by atoms with Crippen molar-refractivity contribution in [3.05, 3.63) is 77.2 Å². The second kappa shape index (κ2) is 10.3. The van der Waals surface area contributed by atoms with Crippen molar-refractivity contribution in [2.45, 2.75) is 31.9 Å². The number of anilines is 1. The van der Waals surface area contributed by atoms with E-state index >= 15 is 0 Å². The van der Waals surface area contributed by atoms with Crippen LogP contribution in [0.2, 0.25) is 0 Å². The highest BCUT2D eigenvalue weighted by atomic mass is 31.2. The second-order valence-electron chi connectivity index (χ2n) is 10.3. The number of aromatic nitrogens is 2. The van der Waals surface area contributed by atoms with Gasteiger partial charge in [0.1, 0.15) is 30.9 Å². The summed E-state index contributed by atoms with van der Waals surface area (Å²) in [6.45, 7) is 5.07. The van der Waals surface area contributed by atoms with Crippen LogP contribution in [0, 0.1) is 17.3 Å². The van der Waals surface area contributed by atoms with Crippen LogP contribution in [-0.2, 0) is 17.6 Å². The first-order chi connectivity index (χ1) is 17.8. The number of hydrogen-bond acceptors (Lipinski definition) is 7. The van der Waals surface area contributed by atoms with E-state index in [0.717, 1.165) is 37.7 Å². The minimum atomic E-state index is -2.35. The van der Waals surface area contributed by atoms with E-state index in [2.05, 4.69) is 51.0 Å². The second-order valence-corrected chi connectivity index (χ2v) is 13.5. The lowest BCUT2D eigenvalue weighted by molar-refractivity contribution is 0.186. The zero-order chi connectivity index (χ0) is 26.0. The topological polar surface area (TPSA) is 102 Å². The molecule has 1 aliphatic heterocycles. The summed E-state index contributed by atoms with van der Waals surface area (Å²) in [6, 6.07) is 15.9. The predicted molar refractivity (Wildman–Crippen MR) is 147 cm³/mol. The van der Waals surface area contributed by atoms with Crippen LogP contribution in [0.3, 0.4) is 0 Å². The molecule has 7 nitrogen and oxygen atoms in total. The first-order valence-electron chi connectivity index (χ1n) is 12.6. The summed E-state index contributed by atoms with van der Waals surface area (Å²) in [7, 11) is -2.35. The third-order valence-electron chi connectivity index (χ3n) is 7.59. The van der Waals surface area contributed by atoms with E-state index in [-0.39, 0.29) is 24.7 Å². The monoisotopic (exact) mass is 516 g/mol. The van der Waals surface area contributed by atoms with Gasteiger partial charge in [-0.3, -0.25) is 0 Å². The molecule has 1 saturated heterocycles. The van der Waals surface area contributed by atoms with Crippen molar-refractivity contribution in [2.24, 2.45) is 11.1 Å². The molecule has 192 valence electrons. The molecule has 1 fully saturated rings. The van der Waals surface area contributed by atoms with Gasteiger partial charge in [0, 0.05) is 24.4 Å². The number of nitrogens with zero attached hydrogens (tertiary/aromatic N) is 3. The molecule has 8 heteroatoms. The fourth-order valence-electron chi connectivity index (χ4n) is 5.48. The number of aliphatic hydroxyl groups excluding tert-OH is 1. The first kappa shape index (κ1) is 25.5. The summed E-state index contributed by atoms with van der Waals surface area (Å²) in [5.74, 6) is 7.26. The Bertz CT molecular complexity index is 1400. The van der Waals surface area contributed by atoms with Crippen LogP contribution < -0.4 is 20.7 Å². The van der Waals surface area contributed by atoms with Crippen molar-refractivity contribution in [3.8, 4) is 17.6 Å². The van der Waals surface area contributed by atoms with Gasteiger partial charge in [-0.15, -0.1) is 0 Å². The third kappa shape index (κ3) is 5.29. The Morgan fingerprint density at radius 2 is 1.97 bits per heavy atom. The largest absolute Gasteiger partial charge is 0.481 e. The highest BCUT2D eigenvalue weighted by Gasteiger charge is 2.46. The first-order valence-corrected chi connectivity index (χ1v) is 15.2. The van der Waals surface area contributed by atoms with Crippen LogP contribution in [-0.4, -0.2) is 48.1 Å². The van der Waals surface area contributed by atoms with Gasteiger partial charge in [-0.1, -0.05) is 42.3 Å². The van der Waals surface area contributed by atoms with Crippen LogP contribution in [0.4, 0.5) is 5.82 Å². The van der Waals surface area contributed by atoms with Gasteiger partial charge < -0.3 is 25.0 Å². The van der Waals surface area contributed by atoms with Crippen molar-refractivity contribution in [1.29, 1.82) is 0 Å². The minimum absolute atomic E-state index is 0.0602. The van der Waals surface area contributed by atoms with Crippen LogP contribution in [0.1, 0.15) is 41.4 Å². The van der Waals surface area contributed by atoms with Gasteiger partial charge in [-0.05, 0) is 67.2 Å². The number of hydrogen-bond donors (Lipinski definition) is 2. The molecule has 3 aromatic rings. The number of benzene rings is 2.